The third-order valence-corrected chi connectivity index (χ3v) is 7.57. The lowest BCUT2D eigenvalue weighted by Gasteiger charge is -2.42. The van der Waals surface area contributed by atoms with Crippen molar-refractivity contribution in [3.63, 3.8) is 0 Å². The molecule has 0 N–H and O–H groups in total. The predicted molar refractivity (Wildman–Crippen MR) is 68.6 cm³/mol. The van der Waals surface area contributed by atoms with Crippen LogP contribution in [-0.2, 0) is 8.85 Å². The van der Waals surface area contributed by atoms with E-state index >= 15 is 0 Å². The quantitative estimate of drug-likeness (QED) is 0.547. The fourth-order valence-electron chi connectivity index (χ4n) is 1.41. The average Bonchev–Trinajstić information content (AvgIpc) is 1.98. The molecule has 15 heavy (non-hydrogen) atoms. The smallest absolute Gasteiger partial charge is 0.359 e. The molecule has 4 heteroatoms. The van der Waals surface area contributed by atoms with Crippen molar-refractivity contribution in [1.29, 1.82) is 0 Å². The van der Waals surface area contributed by atoms with Crippen molar-refractivity contribution in [1.82, 2.24) is 0 Å². The van der Waals surface area contributed by atoms with Gasteiger partial charge >= 0.3 is 8.56 Å². The summed E-state index contributed by atoms with van der Waals surface area (Å²) < 4.78 is 12.1. The van der Waals surface area contributed by atoms with E-state index in [1.54, 1.807) is 0 Å². The standard InChI is InChI=1S/C11H25ClO2Si/c1-9(2)13-15(8-12,11(5,6)7)14-10(3)4/h9-10H,8H2,1-7H3. The van der Waals surface area contributed by atoms with Gasteiger partial charge in [0, 0.05) is 17.2 Å². The van der Waals surface area contributed by atoms with Crippen LogP contribution in [0.4, 0.5) is 0 Å². The van der Waals surface area contributed by atoms with Crippen LogP contribution in [0.3, 0.4) is 0 Å². The van der Waals surface area contributed by atoms with Crippen LogP contribution < -0.4 is 0 Å². The summed E-state index contributed by atoms with van der Waals surface area (Å²) >= 11 is 6.11. The molecule has 0 aromatic heterocycles. The van der Waals surface area contributed by atoms with Gasteiger partial charge in [-0.25, -0.2) is 0 Å². The van der Waals surface area contributed by atoms with Gasteiger partial charge in [-0.15, -0.1) is 11.6 Å². The van der Waals surface area contributed by atoms with Crippen molar-refractivity contribution in [2.45, 2.75) is 65.7 Å². The van der Waals surface area contributed by atoms with Crippen LogP contribution in [-0.4, -0.2) is 26.3 Å². The van der Waals surface area contributed by atoms with Crippen molar-refractivity contribution in [3.8, 4) is 0 Å². The summed E-state index contributed by atoms with van der Waals surface area (Å²) in [5.41, 5.74) is 0.479. The fourth-order valence-corrected chi connectivity index (χ4v) is 5.80. The summed E-state index contributed by atoms with van der Waals surface area (Å²) in [4.78, 5) is 0. The zero-order chi connectivity index (χ0) is 12.3. The van der Waals surface area contributed by atoms with Gasteiger partial charge in [0.25, 0.3) is 0 Å². The second-order valence-corrected chi connectivity index (χ2v) is 10.0. The van der Waals surface area contributed by atoms with Gasteiger partial charge in [-0.2, -0.15) is 0 Å². The molecule has 0 bridgehead atoms. The van der Waals surface area contributed by atoms with Gasteiger partial charge < -0.3 is 8.85 Å². The zero-order valence-electron chi connectivity index (χ0n) is 11.1. The van der Waals surface area contributed by atoms with Crippen LogP contribution in [0.5, 0.6) is 0 Å². The maximum atomic E-state index is 6.11. The van der Waals surface area contributed by atoms with E-state index in [4.69, 9.17) is 20.5 Å². The molecule has 0 aliphatic carbocycles. The molecule has 0 saturated carbocycles. The van der Waals surface area contributed by atoms with Crippen molar-refractivity contribution in [3.05, 3.63) is 0 Å². The highest BCUT2D eigenvalue weighted by molar-refractivity contribution is 6.77. The first-order valence-electron chi connectivity index (χ1n) is 5.56. The Kier molecular flexibility index (Phi) is 5.83. The average molecular weight is 253 g/mol. The largest absolute Gasteiger partial charge is 0.391 e. The van der Waals surface area contributed by atoms with Crippen molar-refractivity contribution < 1.29 is 8.85 Å². The molecule has 0 aromatic carbocycles. The van der Waals surface area contributed by atoms with Crippen LogP contribution in [0.2, 0.25) is 5.04 Å². The minimum atomic E-state index is -2.33. The minimum absolute atomic E-state index is 0.0106. The molecular weight excluding hydrogens is 228 g/mol. The maximum absolute atomic E-state index is 6.11. The summed E-state index contributed by atoms with van der Waals surface area (Å²) in [6, 6.07) is 0. The summed E-state index contributed by atoms with van der Waals surface area (Å²) in [6.45, 7) is 14.6. The Balaban J connectivity index is 4.93. The summed E-state index contributed by atoms with van der Waals surface area (Å²) in [6.07, 6.45) is 0.321. The second kappa shape index (κ2) is 5.67. The van der Waals surface area contributed by atoms with Gasteiger partial charge in [0.15, 0.2) is 0 Å². The molecule has 0 amide bonds. The highest BCUT2D eigenvalue weighted by Crippen LogP contribution is 2.39. The third kappa shape index (κ3) is 4.43. The van der Waals surface area contributed by atoms with E-state index in [1.807, 2.05) is 27.7 Å². The Morgan fingerprint density at radius 2 is 1.33 bits per heavy atom. The highest BCUT2D eigenvalue weighted by Gasteiger charge is 2.50. The van der Waals surface area contributed by atoms with Crippen molar-refractivity contribution in [2.24, 2.45) is 0 Å². The highest BCUT2D eigenvalue weighted by atomic mass is 35.5. The predicted octanol–water partition coefficient (Wildman–Crippen LogP) is 3.86. The van der Waals surface area contributed by atoms with Crippen molar-refractivity contribution in [2.75, 3.05) is 5.50 Å². The molecule has 0 rings (SSSR count). The molecule has 0 unspecified atom stereocenters. The van der Waals surface area contributed by atoms with Gasteiger partial charge in [-0.05, 0) is 27.7 Å². The first kappa shape index (κ1) is 15.4. The van der Waals surface area contributed by atoms with Crippen LogP contribution >= 0.6 is 11.6 Å². The zero-order valence-corrected chi connectivity index (χ0v) is 12.8. The molecule has 0 fully saturated rings. The molecule has 0 aromatic rings. The lowest BCUT2D eigenvalue weighted by Crippen LogP contribution is -2.55. The lowest BCUT2D eigenvalue weighted by atomic mass is 10.2. The van der Waals surface area contributed by atoms with Crippen LogP contribution in [0.15, 0.2) is 0 Å². The third-order valence-electron chi connectivity index (χ3n) is 2.17. The van der Waals surface area contributed by atoms with E-state index in [0.29, 0.717) is 5.50 Å². The molecule has 0 aliphatic heterocycles. The van der Waals surface area contributed by atoms with Gasteiger partial charge in [0.05, 0.1) is 5.50 Å². The van der Waals surface area contributed by atoms with Gasteiger partial charge in [0.2, 0.25) is 0 Å². The Morgan fingerprint density at radius 1 is 1.00 bits per heavy atom. The van der Waals surface area contributed by atoms with E-state index < -0.39 is 8.56 Å². The summed E-state index contributed by atoms with van der Waals surface area (Å²) in [5.74, 6) is 0. The number of alkyl halides is 1. The Labute approximate surface area is 101 Å². The molecule has 0 radical (unpaired) electrons. The molecule has 2 nitrogen and oxygen atoms in total. The SMILES string of the molecule is CC(C)O[Si](CCl)(OC(C)C)C(C)(C)C. The number of hydrogen-bond acceptors (Lipinski definition) is 2. The molecule has 0 saturated heterocycles. The normalized spacial score (nSPS) is 14.0. The van der Waals surface area contributed by atoms with E-state index in [9.17, 15) is 0 Å². The Morgan fingerprint density at radius 3 is 1.47 bits per heavy atom. The van der Waals surface area contributed by atoms with Gasteiger partial charge in [-0.3, -0.25) is 0 Å². The first-order valence-corrected chi connectivity index (χ1v) is 8.12. The van der Waals surface area contributed by atoms with E-state index in [1.165, 1.54) is 0 Å². The van der Waals surface area contributed by atoms with E-state index in [2.05, 4.69) is 20.8 Å². The van der Waals surface area contributed by atoms with Crippen LogP contribution in [0.25, 0.3) is 0 Å². The van der Waals surface area contributed by atoms with E-state index in [0.717, 1.165) is 0 Å². The molecular formula is C11H25ClO2Si. The van der Waals surface area contributed by atoms with Crippen LogP contribution in [0, 0.1) is 0 Å². The minimum Gasteiger partial charge on any atom is -0.391 e. The maximum Gasteiger partial charge on any atom is 0.359 e. The fraction of sp³-hybridized carbons (Fsp3) is 1.00. The monoisotopic (exact) mass is 252 g/mol. The van der Waals surface area contributed by atoms with Crippen molar-refractivity contribution >= 4 is 20.2 Å². The lowest BCUT2D eigenvalue weighted by molar-refractivity contribution is 0.0923. The Bertz CT molecular complexity index is 178. The molecule has 0 heterocycles. The Hall–Kier alpha value is 0.427. The topological polar surface area (TPSA) is 18.5 Å². The van der Waals surface area contributed by atoms with E-state index in [-0.39, 0.29) is 17.2 Å². The number of hydrogen-bond donors (Lipinski definition) is 0. The van der Waals surface area contributed by atoms with Gasteiger partial charge in [-0.1, -0.05) is 20.8 Å². The molecule has 0 spiro atoms. The van der Waals surface area contributed by atoms with Gasteiger partial charge in [0.1, 0.15) is 0 Å². The first-order chi connectivity index (χ1) is 6.64. The van der Waals surface area contributed by atoms with Crippen LogP contribution in [0.1, 0.15) is 48.5 Å². The number of halogens is 1. The number of rotatable bonds is 5. The second-order valence-electron chi connectivity index (χ2n) is 5.47. The summed E-state index contributed by atoms with van der Waals surface area (Å²) in [5, 5.41) is -0.0106. The molecule has 92 valence electrons. The molecule has 0 atom stereocenters. The molecule has 0 aliphatic rings. The summed E-state index contributed by atoms with van der Waals surface area (Å²) in [7, 11) is -2.33.